The molecule has 0 aliphatic heterocycles. The van der Waals surface area contributed by atoms with Gasteiger partial charge in [-0.05, 0) is 11.5 Å². The van der Waals surface area contributed by atoms with E-state index in [0.717, 1.165) is 0 Å². The number of fused-ring (bicyclic) bond motifs is 1. The van der Waals surface area contributed by atoms with Crippen LogP contribution in [0.1, 0.15) is 0 Å². The minimum absolute atomic E-state index is 0.0653. The molecule has 1 aromatic carbocycles. The third kappa shape index (κ3) is 1.88. The van der Waals surface area contributed by atoms with Crippen molar-refractivity contribution in [2.75, 3.05) is 12.4 Å². The van der Waals surface area contributed by atoms with Crippen LogP contribution in [0.15, 0.2) is 39.5 Å². The number of hydrogen-bond acceptors (Lipinski definition) is 4. The Morgan fingerprint density at radius 3 is 2.88 bits per heavy atom. The number of amides is 1. The lowest BCUT2D eigenvalue weighted by Crippen LogP contribution is -2.13. The molecule has 1 aromatic heterocycles. The van der Waals surface area contributed by atoms with Crippen molar-refractivity contribution in [2.45, 2.75) is 0 Å². The topological polar surface area (TPSA) is 68.5 Å². The van der Waals surface area contributed by atoms with Crippen LogP contribution in [0.5, 0.6) is 0 Å². The minimum atomic E-state index is -0.682. The maximum absolute atomic E-state index is 11.5. The van der Waals surface area contributed by atoms with Crippen molar-refractivity contribution in [1.82, 2.24) is 0 Å². The Morgan fingerprint density at radius 2 is 2.12 bits per heavy atom. The molecule has 2 aromatic rings. The highest BCUT2D eigenvalue weighted by Gasteiger charge is 2.06. The molecule has 0 radical (unpaired) electrons. The maximum Gasteiger partial charge on any atom is 0.413 e. The van der Waals surface area contributed by atoms with E-state index in [1.165, 1.54) is 7.11 Å². The number of carbonyl (C=O) groups is 1. The molecular weight excluding hydrogens is 210 g/mol. The number of ether oxygens (including phenoxy) is 1. The molecule has 1 N–H and O–H groups in total. The molecule has 16 heavy (non-hydrogen) atoms. The van der Waals surface area contributed by atoms with E-state index in [1.54, 1.807) is 30.3 Å². The van der Waals surface area contributed by atoms with Gasteiger partial charge in [0.15, 0.2) is 0 Å². The fourth-order valence-corrected chi connectivity index (χ4v) is 1.35. The first-order chi connectivity index (χ1) is 7.70. The zero-order valence-electron chi connectivity index (χ0n) is 8.52. The Kier molecular flexibility index (Phi) is 2.59. The van der Waals surface area contributed by atoms with Crippen molar-refractivity contribution in [2.24, 2.45) is 0 Å². The van der Waals surface area contributed by atoms with Crippen molar-refractivity contribution < 1.29 is 13.9 Å². The van der Waals surface area contributed by atoms with Crippen molar-refractivity contribution >= 4 is 22.7 Å². The van der Waals surface area contributed by atoms with Crippen LogP contribution >= 0.6 is 0 Å². The third-order valence-electron chi connectivity index (χ3n) is 2.08. The predicted octanol–water partition coefficient (Wildman–Crippen LogP) is 1.97. The first-order valence-electron chi connectivity index (χ1n) is 4.58. The minimum Gasteiger partial charge on any atom is -0.453 e. The Labute approximate surface area is 90.6 Å². The largest absolute Gasteiger partial charge is 0.453 e. The van der Waals surface area contributed by atoms with Crippen LogP contribution in [0, 0.1) is 0 Å². The van der Waals surface area contributed by atoms with Crippen LogP contribution in [-0.2, 0) is 4.74 Å². The first-order valence-corrected chi connectivity index (χ1v) is 4.58. The number of hydrogen-bond donors (Lipinski definition) is 1. The molecule has 1 heterocycles. The van der Waals surface area contributed by atoms with Gasteiger partial charge in [0.05, 0.1) is 12.5 Å². The van der Waals surface area contributed by atoms with Gasteiger partial charge in [0.2, 0.25) is 5.88 Å². The van der Waals surface area contributed by atoms with E-state index in [4.69, 9.17) is 4.42 Å². The van der Waals surface area contributed by atoms with Crippen LogP contribution in [0.2, 0.25) is 0 Å². The summed E-state index contributed by atoms with van der Waals surface area (Å²) in [6.07, 6.45) is -0.682. The standard InChI is InChI=1S/C11H9NO4/c1-15-11(14)12-9-6-7-4-2-3-5-8(7)10(13)16-9/h2-6H,1H3,(H,12,14). The van der Waals surface area contributed by atoms with Crippen molar-refractivity contribution in [3.8, 4) is 0 Å². The van der Waals surface area contributed by atoms with E-state index in [0.29, 0.717) is 10.8 Å². The number of benzene rings is 1. The normalized spacial score (nSPS) is 10.1. The average Bonchev–Trinajstić information content (AvgIpc) is 2.29. The van der Waals surface area contributed by atoms with Gasteiger partial charge < -0.3 is 9.15 Å². The van der Waals surface area contributed by atoms with E-state index >= 15 is 0 Å². The lowest BCUT2D eigenvalue weighted by molar-refractivity contribution is 0.186. The van der Waals surface area contributed by atoms with Gasteiger partial charge in [-0.15, -0.1) is 0 Å². The maximum atomic E-state index is 11.5. The van der Waals surface area contributed by atoms with Crippen LogP contribution in [0.25, 0.3) is 10.8 Å². The van der Waals surface area contributed by atoms with Crippen LogP contribution < -0.4 is 10.9 Å². The van der Waals surface area contributed by atoms with Gasteiger partial charge in [0.25, 0.3) is 0 Å². The number of carbonyl (C=O) groups excluding carboxylic acids is 1. The number of anilines is 1. The van der Waals surface area contributed by atoms with E-state index in [9.17, 15) is 9.59 Å². The molecule has 0 fully saturated rings. The fourth-order valence-electron chi connectivity index (χ4n) is 1.35. The number of nitrogens with one attached hydrogen (secondary N) is 1. The number of methoxy groups -OCH3 is 1. The summed E-state index contributed by atoms with van der Waals surface area (Å²) in [5, 5.41) is 3.47. The third-order valence-corrected chi connectivity index (χ3v) is 2.08. The molecule has 0 bridgehead atoms. The van der Waals surface area contributed by atoms with Gasteiger partial charge in [0.1, 0.15) is 0 Å². The predicted molar refractivity (Wildman–Crippen MR) is 58.5 cm³/mol. The van der Waals surface area contributed by atoms with Gasteiger partial charge in [-0.25, -0.2) is 9.59 Å². The fraction of sp³-hybridized carbons (Fsp3) is 0.0909. The number of rotatable bonds is 1. The zero-order chi connectivity index (χ0) is 11.5. The molecule has 0 unspecified atom stereocenters. The lowest BCUT2D eigenvalue weighted by atomic mass is 10.2. The summed E-state index contributed by atoms with van der Waals surface area (Å²) in [7, 11) is 1.23. The van der Waals surface area contributed by atoms with Crippen molar-refractivity contribution in [1.29, 1.82) is 0 Å². The Bertz CT molecular complexity index is 588. The van der Waals surface area contributed by atoms with Crippen molar-refractivity contribution in [3.63, 3.8) is 0 Å². The molecule has 0 aliphatic carbocycles. The van der Waals surface area contributed by atoms with E-state index in [1.807, 2.05) is 0 Å². The Hall–Kier alpha value is -2.30. The molecule has 0 saturated heterocycles. The highest BCUT2D eigenvalue weighted by Crippen LogP contribution is 2.14. The first kappa shape index (κ1) is 10.2. The second-order valence-electron chi connectivity index (χ2n) is 3.10. The second kappa shape index (κ2) is 4.06. The van der Waals surface area contributed by atoms with E-state index < -0.39 is 11.7 Å². The summed E-state index contributed by atoms with van der Waals surface area (Å²) in [5.74, 6) is 0.0653. The van der Waals surface area contributed by atoms with Gasteiger partial charge in [-0.1, -0.05) is 18.2 Å². The molecule has 5 heteroatoms. The Morgan fingerprint density at radius 1 is 1.38 bits per heavy atom. The van der Waals surface area contributed by atoms with Crippen LogP contribution in [0.4, 0.5) is 10.7 Å². The molecule has 1 amide bonds. The Balaban J connectivity index is 2.50. The highest BCUT2D eigenvalue weighted by atomic mass is 16.5. The summed E-state index contributed by atoms with van der Waals surface area (Å²) >= 11 is 0. The molecule has 0 atom stereocenters. The van der Waals surface area contributed by atoms with Crippen LogP contribution in [0.3, 0.4) is 0 Å². The molecule has 5 nitrogen and oxygen atoms in total. The van der Waals surface area contributed by atoms with Gasteiger partial charge in [-0.3, -0.25) is 5.32 Å². The summed E-state index contributed by atoms with van der Waals surface area (Å²) in [6, 6.07) is 8.52. The zero-order valence-corrected chi connectivity index (χ0v) is 8.52. The smallest absolute Gasteiger partial charge is 0.413 e. The second-order valence-corrected chi connectivity index (χ2v) is 3.10. The highest BCUT2D eigenvalue weighted by molar-refractivity contribution is 5.87. The summed E-state index contributed by atoms with van der Waals surface area (Å²) in [5.41, 5.74) is -0.496. The summed E-state index contributed by atoms with van der Waals surface area (Å²) in [4.78, 5) is 22.4. The summed E-state index contributed by atoms with van der Waals surface area (Å²) < 4.78 is 9.29. The van der Waals surface area contributed by atoms with E-state index in [-0.39, 0.29) is 5.88 Å². The molecule has 82 valence electrons. The quantitative estimate of drug-likeness (QED) is 0.796. The van der Waals surface area contributed by atoms with Gasteiger partial charge in [0, 0.05) is 6.07 Å². The molecule has 2 rings (SSSR count). The van der Waals surface area contributed by atoms with Crippen LogP contribution in [-0.4, -0.2) is 13.2 Å². The van der Waals surface area contributed by atoms with Crippen molar-refractivity contribution in [3.05, 3.63) is 40.8 Å². The van der Waals surface area contributed by atoms with Gasteiger partial charge in [-0.2, -0.15) is 0 Å². The summed E-state index contributed by atoms with van der Waals surface area (Å²) in [6.45, 7) is 0. The molecule has 0 saturated carbocycles. The SMILES string of the molecule is COC(=O)Nc1cc2ccccc2c(=O)o1. The average molecular weight is 219 g/mol. The molecule has 0 spiro atoms. The van der Waals surface area contributed by atoms with Gasteiger partial charge >= 0.3 is 11.7 Å². The monoisotopic (exact) mass is 219 g/mol. The van der Waals surface area contributed by atoms with E-state index in [2.05, 4.69) is 10.1 Å². The lowest BCUT2D eigenvalue weighted by Gasteiger charge is -2.02. The molecular formula is C11H9NO4. The molecule has 0 aliphatic rings.